The van der Waals surface area contributed by atoms with Gasteiger partial charge in [0.05, 0.1) is 14.2 Å². The van der Waals surface area contributed by atoms with E-state index in [1.54, 1.807) is 20.3 Å². The molecule has 3 N–H and O–H groups in total. The maximum absolute atomic E-state index is 10.1. The molecule has 0 bridgehead atoms. The number of hydrogen-bond acceptors (Lipinski definition) is 5. The molecule has 0 spiro atoms. The molecule has 0 saturated heterocycles. The van der Waals surface area contributed by atoms with Gasteiger partial charge in [-0.2, -0.15) is 0 Å². The second-order valence-corrected chi connectivity index (χ2v) is 7.60. The van der Waals surface area contributed by atoms with Gasteiger partial charge in [0.2, 0.25) is 0 Å². The highest BCUT2D eigenvalue weighted by molar-refractivity contribution is 5.71. The Kier molecular flexibility index (Phi) is 7.44. The first-order valence-electron chi connectivity index (χ1n) is 10.3. The molecular formula is C26H30N2O3. The molecule has 5 nitrogen and oxygen atoms in total. The average molecular weight is 419 g/mol. The molecule has 0 saturated carbocycles. The predicted molar refractivity (Wildman–Crippen MR) is 129 cm³/mol. The Hall–Kier alpha value is -3.60. The SMILES string of the molecule is COc1cc(/C=C/c2ccc(NCc3cc(NC(C)C)ccc3O)cc2)cc(OC)c1. The minimum absolute atomic E-state index is 0.287. The molecular weight excluding hydrogens is 388 g/mol. The highest BCUT2D eigenvalue weighted by atomic mass is 16.5. The lowest BCUT2D eigenvalue weighted by atomic mass is 10.1. The van der Waals surface area contributed by atoms with E-state index in [1.165, 1.54) is 0 Å². The Labute approximate surface area is 184 Å². The summed E-state index contributed by atoms with van der Waals surface area (Å²) in [6, 6.07) is 19.8. The Bertz CT molecular complexity index is 1010. The summed E-state index contributed by atoms with van der Waals surface area (Å²) in [4.78, 5) is 0. The van der Waals surface area contributed by atoms with Crippen LogP contribution in [0.1, 0.15) is 30.5 Å². The molecule has 0 aliphatic heterocycles. The van der Waals surface area contributed by atoms with Crippen molar-refractivity contribution in [3.8, 4) is 17.2 Å². The van der Waals surface area contributed by atoms with Gasteiger partial charge in [-0.05, 0) is 67.4 Å². The van der Waals surface area contributed by atoms with E-state index in [0.717, 1.165) is 39.6 Å². The van der Waals surface area contributed by atoms with Crippen molar-refractivity contribution in [3.63, 3.8) is 0 Å². The molecule has 3 rings (SSSR count). The minimum atomic E-state index is 0.287. The predicted octanol–water partition coefficient (Wildman–Crippen LogP) is 6.01. The zero-order chi connectivity index (χ0) is 22.2. The number of anilines is 2. The van der Waals surface area contributed by atoms with Crippen LogP contribution in [-0.2, 0) is 6.54 Å². The number of ether oxygens (including phenoxy) is 2. The number of phenols is 1. The van der Waals surface area contributed by atoms with E-state index in [-0.39, 0.29) is 5.75 Å². The summed E-state index contributed by atoms with van der Waals surface area (Å²) in [5.74, 6) is 1.80. The van der Waals surface area contributed by atoms with Crippen molar-refractivity contribution in [1.82, 2.24) is 0 Å². The van der Waals surface area contributed by atoms with Crippen molar-refractivity contribution in [2.24, 2.45) is 0 Å². The third-order valence-corrected chi connectivity index (χ3v) is 4.77. The van der Waals surface area contributed by atoms with Gasteiger partial charge >= 0.3 is 0 Å². The maximum atomic E-state index is 10.1. The van der Waals surface area contributed by atoms with Gasteiger partial charge < -0.3 is 25.2 Å². The van der Waals surface area contributed by atoms with E-state index < -0.39 is 0 Å². The molecule has 3 aromatic rings. The highest BCUT2D eigenvalue weighted by Gasteiger charge is 2.04. The molecule has 5 heteroatoms. The van der Waals surface area contributed by atoms with Crippen LogP contribution in [0.4, 0.5) is 11.4 Å². The van der Waals surface area contributed by atoms with Gasteiger partial charge in [-0.3, -0.25) is 0 Å². The van der Waals surface area contributed by atoms with Crippen LogP contribution in [0.2, 0.25) is 0 Å². The fourth-order valence-corrected chi connectivity index (χ4v) is 3.18. The number of benzene rings is 3. The van der Waals surface area contributed by atoms with Crippen LogP contribution in [0.3, 0.4) is 0 Å². The normalized spacial score (nSPS) is 11.0. The molecule has 0 atom stereocenters. The largest absolute Gasteiger partial charge is 0.508 e. The first-order chi connectivity index (χ1) is 15.0. The summed E-state index contributed by atoms with van der Waals surface area (Å²) in [5, 5.41) is 16.9. The topological polar surface area (TPSA) is 62.8 Å². The van der Waals surface area contributed by atoms with Crippen molar-refractivity contribution in [1.29, 1.82) is 0 Å². The van der Waals surface area contributed by atoms with E-state index in [9.17, 15) is 5.11 Å². The van der Waals surface area contributed by atoms with Gasteiger partial charge in [-0.25, -0.2) is 0 Å². The van der Waals surface area contributed by atoms with Crippen molar-refractivity contribution in [3.05, 3.63) is 77.4 Å². The van der Waals surface area contributed by atoms with E-state index >= 15 is 0 Å². The summed E-state index contributed by atoms with van der Waals surface area (Å²) in [6.07, 6.45) is 4.07. The van der Waals surface area contributed by atoms with Crippen molar-refractivity contribution in [2.45, 2.75) is 26.4 Å². The van der Waals surface area contributed by atoms with Crippen LogP contribution in [0.5, 0.6) is 17.2 Å². The van der Waals surface area contributed by atoms with Crippen molar-refractivity contribution < 1.29 is 14.6 Å². The molecule has 162 valence electrons. The Morgan fingerprint density at radius 2 is 1.42 bits per heavy atom. The fraction of sp³-hybridized carbons (Fsp3) is 0.231. The Morgan fingerprint density at radius 1 is 0.806 bits per heavy atom. The third-order valence-electron chi connectivity index (χ3n) is 4.77. The number of aromatic hydroxyl groups is 1. The molecule has 0 aliphatic rings. The molecule has 3 aromatic carbocycles. The molecule has 0 aromatic heterocycles. The zero-order valence-electron chi connectivity index (χ0n) is 18.5. The quantitative estimate of drug-likeness (QED) is 0.293. The monoisotopic (exact) mass is 418 g/mol. The Balaban J connectivity index is 1.64. The van der Waals surface area contributed by atoms with E-state index in [0.29, 0.717) is 12.6 Å². The molecule has 0 unspecified atom stereocenters. The van der Waals surface area contributed by atoms with Gasteiger partial charge in [0.15, 0.2) is 0 Å². The second kappa shape index (κ2) is 10.4. The lowest BCUT2D eigenvalue weighted by Crippen LogP contribution is -2.10. The summed E-state index contributed by atoms with van der Waals surface area (Å²) in [6.45, 7) is 4.72. The van der Waals surface area contributed by atoms with Gasteiger partial charge in [-0.15, -0.1) is 0 Å². The molecule has 0 heterocycles. The minimum Gasteiger partial charge on any atom is -0.508 e. The van der Waals surface area contributed by atoms with Crippen LogP contribution in [0.15, 0.2) is 60.7 Å². The number of hydrogen-bond donors (Lipinski definition) is 3. The summed E-state index contributed by atoms with van der Waals surface area (Å²) >= 11 is 0. The molecule has 31 heavy (non-hydrogen) atoms. The van der Waals surface area contributed by atoms with Crippen LogP contribution in [0.25, 0.3) is 12.2 Å². The lowest BCUT2D eigenvalue weighted by Gasteiger charge is -2.13. The van der Waals surface area contributed by atoms with Gasteiger partial charge in [0, 0.05) is 35.6 Å². The molecule has 0 aliphatic carbocycles. The van der Waals surface area contributed by atoms with Crippen molar-refractivity contribution >= 4 is 23.5 Å². The number of phenolic OH excluding ortho intramolecular Hbond substituents is 1. The maximum Gasteiger partial charge on any atom is 0.123 e. The lowest BCUT2D eigenvalue weighted by molar-refractivity contribution is 0.394. The van der Waals surface area contributed by atoms with Gasteiger partial charge in [0.1, 0.15) is 17.2 Å². The number of rotatable bonds is 9. The van der Waals surface area contributed by atoms with Gasteiger partial charge in [0.25, 0.3) is 0 Å². The zero-order valence-corrected chi connectivity index (χ0v) is 18.5. The molecule has 0 radical (unpaired) electrons. The smallest absolute Gasteiger partial charge is 0.123 e. The first-order valence-corrected chi connectivity index (χ1v) is 10.3. The summed E-state index contributed by atoms with van der Waals surface area (Å²) in [5.41, 5.74) is 4.92. The number of nitrogens with one attached hydrogen (secondary N) is 2. The molecule has 0 amide bonds. The van der Waals surface area contributed by atoms with Crippen LogP contribution in [0, 0.1) is 0 Å². The Morgan fingerprint density at radius 3 is 2.03 bits per heavy atom. The molecule has 0 fully saturated rings. The number of methoxy groups -OCH3 is 2. The highest BCUT2D eigenvalue weighted by Crippen LogP contribution is 2.25. The van der Waals surface area contributed by atoms with Crippen molar-refractivity contribution in [2.75, 3.05) is 24.9 Å². The van der Waals surface area contributed by atoms with Crippen LogP contribution >= 0.6 is 0 Å². The second-order valence-electron chi connectivity index (χ2n) is 7.60. The first kappa shape index (κ1) is 22.1. The van der Waals surface area contributed by atoms with Crippen LogP contribution in [-0.4, -0.2) is 25.4 Å². The fourth-order valence-electron chi connectivity index (χ4n) is 3.18. The van der Waals surface area contributed by atoms with Gasteiger partial charge in [-0.1, -0.05) is 24.3 Å². The van der Waals surface area contributed by atoms with E-state index in [4.69, 9.17) is 9.47 Å². The van der Waals surface area contributed by atoms with Crippen LogP contribution < -0.4 is 20.1 Å². The summed E-state index contributed by atoms with van der Waals surface area (Å²) < 4.78 is 10.6. The average Bonchev–Trinajstić information content (AvgIpc) is 2.78. The van der Waals surface area contributed by atoms with E-state index in [2.05, 4.69) is 24.5 Å². The standard InChI is InChI=1S/C26H30N2O3/c1-18(2)28-23-11-12-26(29)21(15-23)17-27-22-9-7-19(8-10-22)5-6-20-13-24(30-3)16-25(14-20)31-4/h5-16,18,27-29H,17H2,1-4H3/b6-5+. The third kappa shape index (κ3) is 6.44. The summed E-state index contributed by atoms with van der Waals surface area (Å²) in [7, 11) is 3.29. The van der Waals surface area contributed by atoms with E-state index in [1.807, 2.05) is 66.7 Å².